The molecule has 0 bridgehead atoms. The number of rotatable bonds is 17. The lowest BCUT2D eigenvalue weighted by Crippen LogP contribution is -2.11. The highest BCUT2D eigenvalue weighted by molar-refractivity contribution is 5.77. The van der Waals surface area contributed by atoms with Gasteiger partial charge in [-0.25, -0.2) is 0 Å². The molecular formula is C28H48O4. The van der Waals surface area contributed by atoms with Gasteiger partial charge in [0.1, 0.15) is 0 Å². The van der Waals surface area contributed by atoms with E-state index >= 15 is 0 Å². The quantitative estimate of drug-likeness (QED) is 0.128. The van der Waals surface area contributed by atoms with Gasteiger partial charge >= 0.3 is 11.9 Å². The molecule has 2 atom stereocenters. The summed E-state index contributed by atoms with van der Waals surface area (Å²) in [5.41, 5.74) is 3.77. The van der Waals surface area contributed by atoms with E-state index in [0.29, 0.717) is 18.4 Å². The first-order chi connectivity index (χ1) is 15.1. The number of hydrogen-bond donors (Lipinski definition) is 0. The Morgan fingerprint density at radius 3 is 1.81 bits per heavy atom. The molecule has 2 unspecified atom stereocenters. The van der Waals surface area contributed by atoms with Crippen LogP contribution >= 0.6 is 0 Å². The third kappa shape index (κ3) is 20.1. The van der Waals surface area contributed by atoms with E-state index in [-0.39, 0.29) is 24.8 Å². The summed E-state index contributed by atoms with van der Waals surface area (Å²) in [6.45, 7) is 15.3. The van der Waals surface area contributed by atoms with Crippen molar-refractivity contribution in [2.75, 3.05) is 6.61 Å². The van der Waals surface area contributed by atoms with Crippen LogP contribution in [0.4, 0.5) is 0 Å². The smallest absolute Gasteiger partial charge is 0.311 e. The highest BCUT2D eigenvalue weighted by atomic mass is 16.5. The molecular weight excluding hydrogens is 400 g/mol. The Labute approximate surface area is 197 Å². The maximum absolute atomic E-state index is 11.9. The summed E-state index contributed by atoms with van der Waals surface area (Å²) in [6, 6.07) is 0. The zero-order valence-electron chi connectivity index (χ0n) is 21.8. The Balaban J connectivity index is 3.88. The number of esters is 2. The van der Waals surface area contributed by atoms with Crippen molar-refractivity contribution in [1.29, 1.82) is 0 Å². The van der Waals surface area contributed by atoms with Crippen LogP contribution in [0.3, 0.4) is 0 Å². The van der Waals surface area contributed by atoms with Gasteiger partial charge in [0.2, 0.25) is 0 Å². The Morgan fingerprint density at radius 1 is 0.719 bits per heavy atom. The van der Waals surface area contributed by atoms with E-state index in [1.165, 1.54) is 30.2 Å². The number of allylic oxidation sites excluding steroid dienone is 5. The average molecular weight is 449 g/mol. The van der Waals surface area contributed by atoms with Gasteiger partial charge in [0.15, 0.2) is 0 Å². The molecule has 0 fully saturated rings. The number of hydrogen-bond acceptors (Lipinski definition) is 4. The molecule has 0 aromatic carbocycles. The second-order valence-electron chi connectivity index (χ2n) is 9.78. The topological polar surface area (TPSA) is 52.6 Å². The molecule has 0 aliphatic heterocycles. The third-order valence-electron chi connectivity index (χ3n) is 5.49. The van der Waals surface area contributed by atoms with Gasteiger partial charge in [0.25, 0.3) is 0 Å². The molecule has 0 saturated heterocycles. The predicted molar refractivity (Wildman–Crippen MR) is 134 cm³/mol. The number of ether oxygens (including phenoxy) is 2. The molecule has 184 valence electrons. The van der Waals surface area contributed by atoms with Crippen molar-refractivity contribution in [2.45, 2.75) is 113 Å². The molecule has 0 aliphatic rings. The summed E-state index contributed by atoms with van der Waals surface area (Å²) in [5.74, 6) is 0.497. The van der Waals surface area contributed by atoms with E-state index in [4.69, 9.17) is 9.47 Å². The Morgan fingerprint density at radius 2 is 1.25 bits per heavy atom. The van der Waals surface area contributed by atoms with E-state index in [1.54, 1.807) is 0 Å². The van der Waals surface area contributed by atoms with E-state index in [9.17, 15) is 9.59 Å². The van der Waals surface area contributed by atoms with Crippen LogP contribution in [0.5, 0.6) is 0 Å². The zero-order chi connectivity index (χ0) is 24.4. The van der Waals surface area contributed by atoms with Gasteiger partial charge in [-0.1, -0.05) is 43.6 Å². The fourth-order valence-electron chi connectivity index (χ4n) is 3.27. The van der Waals surface area contributed by atoms with Crippen LogP contribution in [-0.2, 0) is 19.1 Å². The highest BCUT2D eigenvalue weighted by Gasteiger charge is 2.10. The van der Waals surface area contributed by atoms with Crippen molar-refractivity contribution in [3.63, 3.8) is 0 Å². The second-order valence-corrected chi connectivity index (χ2v) is 9.78. The first kappa shape index (κ1) is 30.2. The molecule has 0 heterocycles. The molecule has 4 heteroatoms. The van der Waals surface area contributed by atoms with Crippen molar-refractivity contribution in [3.8, 4) is 0 Å². The van der Waals surface area contributed by atoms with Gasteiger partial charge < -0.3 is 9.47 Å². The molecule has 4 nitrogen and oxygen atoms in total. The van der Waals surface area contributed by atoms with Crippen LogP contribution < -0.4 is 0 Å². The summed E-state index contributed by atoms with van der Waals surface area (Å²) < 4.78 is 10.4. The fourth-order valence-corrected chi connectivity index (χ4v) is 3.27. The number of carbonyl (C=O) groups is 2. The van der Waals surface area contributed by atoms with Crippen molar-refractivity contribution in [2.24, 2.45) is 11.8 Å². The van der Waals surface area contributed by atoms with E-state index in [0.717, 1.165) is 44.1 Å². The van der Waals surface area contributed by atoms with Crippen molar-refractivity contribution in [1.82, 2.24) is 0 Å². The maximum atomic E-state index is 11.9. The van der Waals surface area contributed by atoms with Crippen molar-refractivity contribution in [3.05, 3.63) is 35.1 Å². The highest BCUT2D eigenvalue weighted by Crippen LogP contribution is 2.17. The second kappa shape index (κ2) is 18.7. The molecule has 0 N–H and O–H groups in total. The standard InChI is InChI=1S/C28H48O4/c1-22(2)11-8-13-24(5)15-10-16-26(7)21-32-28(30)18-17-27(29)31-20-19-25(6)14-9-12-23(3)4/h11-12,21,24-25H,8-10,13-20H2,1-7H3/b26-21+. The van der Waals surface area contributed by atoms with Crippen molar-refractivity contribution < 1.29 is 19.1 Å². The first-order valence-corrected chi connectivity index (χ1v) is 12.4. The molecule has 32 heavy (non-hydrogen) atoms. The molecule has 0 spiro atoms. The van der Waals surface area contributed by atoms with Crippen LogP contribution in [0.1, 0.15) is 113 Å². The van der Waals surface area contributed by atoms with Crippen LogP contribution in [0.25, 0.3) is 0 Å². The molecule has 0 aliphatic carbocycles. The molecule has 0 amide bonds. The fraction of sp³-hybridized carbons (Fsp3) is 0.714. The van der Waals surface area contributed by atoms with Gasteiger partial charge in [-0.3, -0.25) is 9.59 Å². The maximum Gasteiger partial charge on any atom is 0.311 e. The molecule has 0 aromatic rings. The SMILES string of the molecule is CC(C)=CCCC(C)CCC/C(C)=C/OC(=O)CCC(=O)OCCC(C)CCC=C(C)C. The Hall–Kier alpha value is -1.84. The van der Waals surface area contributed by atoms with E-state index in [2.05, 4.69) is 53.7 Å². The van der Waals surface area contributed by atoms with Gasteiger partial charge in [-0.2, -0.15) is 0 Å². The molecule has 0 rings (SSSR count). The van der Waals surface area contributed by atoms with Gasteiger partial charge in [-0.05, 0) is 97.0 Å². The Bertz CT molecular complexity index is 619. The predicted octanol–water partition coefficient (Wildman–Crippen LogP) is 8.08. The zero-order valence-corrected chi connectivity index (χ0v) is 21.8. The van der Waals surface area contributed by atoms with E-state index < -0.39 is 0 Å². The first-order valence-electron chi connectivity index (χ1n) is 12.4. The average Bonchev–Trinajstić information content (AvgIpc) is 2.70. The van der Waals surface area contributed by atoms with Crippen LogP contribution in [0, 0.1) is 11.8 Å². The van der Waals surface area contributed by atoms with Gasteiger partial charge in [0.05, 0.1) is 25.7 Å². The van der Waals surface area contributed by atoms with Crippen LogP contribution in [0.2, 0.25) is 0 Å². The van der Waals surface area contributed by atoms with Gasteiger partial charge in [-0.15, -0.1) is 0 Å². The van der Waals surface area contributed by atoms with Crippen LogP contribution in [0.15, 0.2) is 35.1 Å². The van der Waals surface area contributed by atoms with Crippen LogP contribution in [-0.4, -0.2) is 18.5 Å². The molecule has 0 aromatic heterocycles. The lowest BCUT2D eigenvalue weighted by Gasteiger charge is -2.11. The van der Waals surface area contributed by atoms with E-state index in [1.807, 2.05) is 6.92 Å². The normalized spacial score (nSPS) is 13.2. The third-order valence-corrected chi connectivity index (χ3v) is 5.49. The summed E-state index contributed by atoms with van der Waals surface area (Å²) >= 11 is 0. The minimum atomic E-state index is -0.383. The molecule has 0 radical (unpaired) electrons. The molecule has 0 saturated carbocycles. The summed E-state index contributed by atoms with van der Waals surface area (Å²) in [7, 11) is 0. The lowest BCUT2D eigenvalue weighted by atomic mass is 9.97. The largest absolute Gasteiger partial charge is 0.466 e. The minimum absolute atomic E-state index is 0.0557. The number of carbonyl (C=O) groups excluding carboxylic acids is 2. The summed E-state index contributed by atoms with van der Waals surface area (Å²) in [5, 5.41) is 0. The lowest BCUT2D eigenvalue weighted by molar-refractivity contribution is -0.148. The monoisotopic (exact) mass is 448 g/mol. The van der Waals surface area contributed by atoms with Gasteiger partial charge in [0, 0.05) is 0 Å². The van der Waals surface area contributed by atoms with Crippen molar-refractivity contribution >= 4 is 11.9 Å². The minimum Gasteiger partial charge on any atom is -0.466 e. The Kier molecular flexibility index (Phi) is 17.6. The summed E-state index contributed by atoms with van der Waals surface area (Å²) in [4.78, 5) is 23.7. The summed E-state index contributed by atoms with van der Waals surface area (Å²) in [6.07, 6.45) is 14.8.